The Labute approximate surface area is 89.2 Å². The molecule has 0 saturated heterocycles. The Bertz CT molecular complexity index is 475. The van der Waals surface area contributed by atoms with Crippen molar-refractivity contribution < 1.29 is 4.79 Å². The lowest BCUT2D eigenvalue weighted by Gasteiger charge is -2.43. The first kappa shape index (κ1) is 8.72. The minimum atomic E-state index is -0.0452. The van der Waals surface area contributed by atoms with Gasteiger partial charge in [-0.2, -0.15) is 0 Å². The highest BCUT2D eigenvalue weighted by molar-refractivity contribution is 5.90. The van der Waals surface area contributed by atoms with Crippen LogP contribution < -0.4 is 0 Å². The van der Waals surface area contributed by atoms with Crippen LogP contribution in [-0.4, -0.2) is 17.9 Å². The number of benzene rings is 1. The molecule has 1 amide bonds. The Morgan fingerprint density at radius 3 is 2.60 bits per heavy atom. The Morgan fingerprint density at radius 1 is 1.20 bits per heavy atom. The van der Waals surface area contributed by atoms with Gasteiger partial charge in [-0.15, -0.1) is 0 Å². The summed E-state index contributed by atoms with van der Waals surface area (Å²) in [6, 6.07) is 8.42. The molecule has 0 spiro atoms. The number of carbonyl (C=O) groups excluding carboxylic acids is 1. The van der Waals surface area contributed by atoms with Crippen molar-refractivity contribution in [3.05, 3.63) is 47.0 Å². The van der Waals surface area contributed by atoms with Gasteiger partial charge in [-0.3, -0.25) is 4.79 Å². The van der Waals surface area contributed by atoms with E-state index >= 15 is 0 Å². The predicted octanol–water partition coefficient (Wildman–Crippen LogP) is 2.24. The summed E-state index contributed by atoms with van der Waals surface area (Å²) in [5, 5.41) is 0. The zero-order chi connectivity index (χ0) is 10.6. The number of likely N-dealkylation sites (N-methyl/N-ethyl adjacent to an activating group) is 1. The van der Waals surface area contributed by atoms with E-state index in [0.29, 0.717) is 0 Å². The Morgan fingerprint density at radius 2 is 1.87 bits per heavy atom. The third kappa shape index (κ3) is 0.965. The first-order valence-corrected chi connectivity index (χ1v) is 5.24. The summed E-state index contributed by atoms with van der Waals surface area (Å²) in [7, 11) is 1.90. The SMILES string of the molecule is CC1=CC2C(=O)N(C)C1c1ccccc12. The number of hydrogen-bond acceptors (Lipinski definition) is 1. The van der Waals surface area contributed by atoms with Crippen LogP contribution in [0.1, 0.15) is 30.0 Å². The van der Waals surface area contributed by atoms with Crippen molar-refractivity contribution in [1.82, 2.24) is 4.90 Å². The van der Waals surface area contributed by atoms with Crippen LogP contribution in [0.4, 0.5) is 0 Å². The highest BCUT2D eigenvalue weighted by atomic mass is 16.2. The molecule has 4 rings (SSSR count). The van der Waals surface area contributed by atoms with Crippen LogP contribution in [0, 0.1) is 0 Å². The van der Waals surface area contributed by atoms with E-state index in [1.165, 1.54) is 16.7 Å². The van der Waals surface area contributed by atoms with Gasteiger partial charge in [0.15, 0.2) is 0 Å². The fourth-order valence-corrected chi connectivity index (χ4v) is 2.80. The van der Waals surface area contributed by atoms with Gasteiger partial charge < -0.3 is 4.90 Å². The molecule has 2 unspecified atom stereocenters. The first-order valence-electron chi connectivity index (χ1n) is 5.24. The van der Waals surface area contributed by atoms with Crippen molar-refractivity contribution in [3.63, 3.8) is 0 Å². The second kappa shape index (κ2) is 2.72. The number of rotatable bonds is 0. The summed E-state index contributed by atoms with van der Waals surface area (Å²) in [4.78, 5) is 13.8. The van der Waals surface area contributed by atoms with Crippen molar-refractivity contribution in [2.75, 3.05) is 7.05 Å². The molecule has 0 radical (unpaired) electrons. The maximum atomic E-state index is 12.0. The number of fused-ring (bicyclic) bond motifs is 1. The molecule has 1 aromatic carbocycles. The molecule has 15 heavy (non-hydrogen) atoms. The van der Waals surface area contributed by atoms with E-state index in [4.69, 9.17) is 0 Å². The zero-order valence-electron chi connectivity index (χ0n) is 8.90. The van der Waals surface area contributed by atoms with Crippen LogP contribution in [0.2, 0.25) is 0 Å². The summed E-state index contributed by atoms with van der Waals surface area (Å²) in [6.45, 7) is 2.11. The highest BCUT2D eigenvalue weighted by Gasteiger charge is 2.41. The van der Waals surface area contributed by atoms with Gasteiger partial charge in [0.2, 0.25) is 5.91 Å². The second-order valence-electron chi connectivity index (χ2n) is 4.37. The Hall–Kier alpha value is -1.57. The monoisotopic (exact) mass is 199 g/mol. The van der Waals surface area contributed by atoms with Crippen LogP contribution in [0.3, 0.4) is 0 Å². The summed E-state index contributed by atoms with van der Waals surface area (Å²) < 4.78 is 0. The van der Waals surface area contributed by atoms with Crippen molar-refractivity contribution in [2.45, 2.75) is 18.9 Å². The summed E-state index contributed by atoms with van der Waals surface area (Å²) in [5.41, 5.74) is 3.78. The average molecular weight is 199 g/mol. The van der Waals surface area contributed by atoms with Crippen molar-refractivity contribution in [3.8, 4) is 0 Å². The average Bonchev–Trinajstić information content (AvgIpc) is 2.24. The summed E-state index contributed by atoms with van der Waals surface area (Å²) in [5.74, 6) is 0.181. The Balaban J connectivity index is 2.28. The summed E-state index contributed by atoms with van der Waals surface area (Å²) >= 11 is 0. The van der Waals surface area contributed by atoms with E-state index in [2.05, 4.69) is 25.1 Å². The van der Waals surface area contributed by atoms with Gasteiger partial charge in [-0.05, 0) is 23.6 Å². The molecule has 2 aliphatic heterocycles. The molecule has 76 valence electrons. The summed E-state index contributed by atoms with van der Waals surface area (Å²) in [6.07, 6.45) is 2.11. The normalized spacial score (nSPS) is 27.7. The first-order chi connectivity index (χ1) is 7.20. The zero-order valence-corrected chi connectivity index (χ0v) is 8.90. The molecule has 3 aliphatic rings. The van der Waals surface area contributed by atoms with E-state index in [0.717, 1.165) is 0 Å². The molecule has 2 bridgehead atoms. The van der Waals surface area contributed by atoms with E-state index in [9.17, 15) is 4.79 Å². The molecule has 0 fully saturated rings. The molecule has 1 aliphatic carbocycles. The molecule has 0 saturated carbocycles. The van der Waals surface area contributed by atoms with Gasteiger partial charge in [-0.25, -0.2) is 0 Å². The van der Waals surface area contributed by atoms with Crippen LogP contribution >= 0.6 is 0 Å². The molecular formula is C13H13NO. The number of amides is 1. The van der Waals surface area contributed by atoms with Gasteiger partial charge in [0, 0.05) is 7.05 Å². The molecular weight excluding hydrogens is 186 g/mol. The van der Waals surface area contributed by atoms with E-state index in [1.54, 1.807) is 0 Å². The van der Waals surface area contributed by atoms with Gasteiger partial charge in [-0.1, -0.05) is 30.3 Å². The molecule has 2 nitrogen and oxygen atoms in total. The van der Waals surface area contributed by atoms with E-state index < -0.39 is 0 Å². The topological polar surface area (TPSA) is 20.3 Å². The Kier molecular flexibility index (Phi) is 1.58. The predicted molar refractivity (Wildman–Crippen MR) is 58.5 cm³/mol. The molecule has 2 heterocycles. The van der Waals surface area contributed by atoms with Crippen molar-refractivity contribution in [2.24, 2.45) is 0 Å². The lowest BCUT2D eigenvalue weighted by atomic mass is 9.76. The van der Waals surface area contributed by atoms with Gasteiger partial charge in [0.05, 0.1) is 12.0 Å². The molecule has 2 atom stereocenters. The maximum absolute atomic E-state index is 12.0. The third-order valence-corrected chi connectivity index (χ3v) is 3.49. The molecule has 2 heteroatoms. The van der Waals surface area contributed by atoms with Crippen LogP contribution in [-0.2, 0) is 4.79 Å². The van der Waals surface area contributed by atoms with E-state index in [-0.39, 0.29) is 17.9 Å². The largest absolute Gasteiger partial charge is 0.334 e. The van der Waals surface area contributed by atoms with Crippen LogP contribution in [0.25, 0.3) is 0 Å². The molecule has 1 aromatic rings. The number of carbonyl (C=O) groups is 1. The van der Waals surface area contributed by atoms with Crippen molar-refractivity contribution >= 4 is 5.91 Å². The van der Waals surface area contributed by atoms with Crippen LogP contribution in [0.5, 0.6) is 0 Å². The lowest BCUT2D eigenvalue weighted by molar-refractivity contribution is -0.133. The van der Waals surface area contributed by atoms with E-state index in [1.807, 2.05) is 24.1 Å². The smallest absolute Gasteiger partial charge is 0.234 e. The van der Waals surface area contributed by atoms with Gasteiger partial charge >= 0.3 is 0 Å². The minimum Gasteiger partial charge on any atom is -0.334 e. The number of hydrogen-bond donors (Lipinski definition) is 0. The quantitative estimate of drug-likeness (QED) is 0.587. The maximum Gasteiger partial charge on any atom is 0.234 e. The van der Waals surface area contributed by atoms with Gasteiger partial charge in [0.25, 0.3) is 0 Å². The van der Waals surface area contributed by atoms with Gasteiger partial charge in [0.1, 0.15) is 0 Å². The molecule has 0 aromatic heterocycles. The standard InChI is InChI=1S/C13H13NO/c1-8-7-11-9-5-3-4-6-10(9)12(8)14(2)13(11)15/h3-7,11-12H,1-2H3. The highest BCUT2D eigenvalue weighted by Crippen LogP contribution is 2.45. The third-order valence-electron chi connectivity index (χ3n) is 3.49. The number of nitrogens with zero attached hydrogens (tertiary/aromatic N) is 1. The van der Waals surface area contributed by atoms with Crippen LogP contribution in [0.15, 0.2) is 35.9 Å². The lowest BCUT2D eigenvalue weighted by Crippen LogP contribution is -2.43. The van der Waals surface area contributed by atoms with Crippen molar-refractivity contribution in [1.29, 1.82) is 0 Å². The molecule has 0 N–H and O–H groups in total. The fraction of sp³-hybridized carbons (Fsp3) is 0.308. The fourth-order valence-electron chi connectivity index (χ4n) is 2.80. The second-order valence-corrected chi connectivity index (χ2v) is 4.37. The minimum absolute atomic E-state index is 0.0452.